The summed E-state index contributed by atoms with van der Waals surface area (Å²) < 4.78 is 21.5. The van der Waals surface area contributed by atoms with Crippen molar-refractivity contribution in [3.05, 3.63) is 83.4 Å². The van der Waals surface area contributed by atoms with Crippen LogP contribution in [-0.4, -0.2) is 26.8 Å². The van der Waals surface area contributed by atoms with Gasteiger partial charge < -0.3 is 18.9 Å². The molecule has 6 heteroatoms. The first-order chi connectivity index (χ1) is 16.1. The highest BCUT2D eigenvalue weighted by molar-refractivity contribution is 5.90. The van der Waals surface area contributed by atoms with Gasteiger partial charge in [-0.15, -0.1) is 0 Å². The Morgan fingerprint density at radius 2 is 1.70 bits per heavy atom. The number of allylic oxidation sites excluding steroid dienone is 1. The summed E-state index contributed by atoms with van der Waals surface area (Å²) >= 11 is 0. The third-order valence-corrected chi connectivity index (χ3v) is 4.88. The summed E-state index contributed by atoms with van der Waals surface area (Å²) in [6.07, 6.45) is 2.60. The molecule has 3 aromatic carbocycles. The zero-order valence-corrected chi connectivity index (χ0v) is 18.8. The van der Waals surface area contributed by atoms with Crippen LogP contribution in [0.3, 0.4) is 0 Å². The number of nitriles is 1. The molecule has 3 aromatic rings. The van der Waals surface area contributed by atoms with Crippen LogP contribution >= 0.6 is 0 Å². The van der Waals surface area contributed by atoms with Gasteiger partial charge in [0.15, 0.2) is 18.1 Å². The molecule has 0 bridgehead atoms. The van der Waals surface area contributed by atoms with Crippen LogP contribution in [0.2, 0.25) is 0 Å². The van der Waals surface area contributed by atoms with Crippen LogP contribution in [0.4, 0.5) is 0 Å². The van der Waals surface area contributed by atoms with Gasteiger partial charge in [0.05, 0.1) is 25.9 Å². The average molecular weight is 443 g/mol. The zero-order valence-electron chi connectivity index (χ0n) is 18.8. The summed E-state index contributed by atoms with van der Waals surface area (Å²) in [5, 5.41) is 9.67. The molecule has 0 spiro atoms. The van der Waals surface area contributed by atoms with Gasteiger partial charge in [-0.1, -0.05) is 31.2 Å². The summed E-state index contributed by atoms with van der Waals surface area (Å²) in [7, 11) is 3.10. The van der Waals surface area contributed by atoms with Crippen LogP contribution in [0.5, 0.6) is 23.0 Å². The van der Waals surface area contributed by atoms with Crippen molar-refractivity contribution in [3.8, 4) is 29.1 Å². The van der Waals surface area contributed by atoms with E-state index in [0.29, 0.717) is 39.7 Å². The van der Waals surface area contributed by atoms with E-state index >= 15 is 0 Å². The van der Waals surface area contributed by atoms with Gasteiger partial charge in [0.1, 0.15) is 11.5 Å². The Kier molecular flexibility index (Phi) is 8.09. The van der Waals surface area contributed by atoms with Gasteiger partial charge >= 0.3 is 5.97 Å². The Hall–Kier alpha value is -4.24. The highest BCUT2D eigenvalue weighted by Crippen LogP contribution is 2.31. The van der Waals surface area contributed by atoms with E-state index in [-0.39, 0.29) is 6.61 Å². The van der Waals surface area contributed by atoms with E-state index in [2.05, 4.69) is 13.0 Å². The van der Waals surface area contributed by atoms with Crippen LogP contribution in [0.15, 0.2) is 66.7 Å². The van der Waals surface area contributed by atoms with Crippen molar-refractivity contribution in [2.75, 3.05) is 20.8 Å². The first-order valence-corrected chi connectivity index (χ1v) is 10.4. The van der Waals surface area contributed by atoms with Gasteiger partial charge in [-0.3, -0.25) is 0 Å². The second kappa shape index (κ2) is 11.4. The number of nitrogens with zero attached hydrogens (tertiary/aromatic N) is 1. The Bertz CT molecular complexity index is 1190. The van der Waals surface area contributed by atoms with Crippen molar-refractivity contribution in [1.29, 1.82) is 5.26 Å². The number of ether oxygens (including phenoxy) is 4. The number of hydrogen-bond donors (Lipinski definition) is 0. The zero-order chi connectivity index (χ0) is 23.6. The molecule has 0 aliphatic rings. The van der Waals surface area contributed by atoms with E-state index in [4.69, 9.17) is 18.9 Å². The van der Waals surface area contributed by atoms with Gasteiger partial charge in [-0.05, 0) is 71.7 Å². The molecule has 0 amide bonds. The van der Waals surface area contributed by atoms with Crippen molar-refractivity contribution in [2.24, 2.45) is 0 Å². The molecular formula is C27H25NO5. The monoisotopic (exact) mass is 443 g/mol. The molecule has 0 saturated carbocycles. The van der Waals surface area contributed by atoms with Crippen molar-refractivity contribution in [1.82, 2.24) is 0 Å². The minimum Gasteiger partial charge on any atom is -0.493 e. The fourth-order valence-corrected chi connectivity index (χ4v) is 3.18. The fraction of sp³-hybridized carbons (Fsp3) is 0.185. The maximum Gasteiger partial charge on any atom is 0.349 e. The Balaban J connectivity index is 1.71. The van der Waals surface area contributed by atoms with E-state index < -0.39 is 5.97 Å². The molecule has 0 N–H and O–H groups in total. The van der Waals surface area contributed by atoms with Crippen LogP contribution in [0, 0.1) is 11.3 Å². The van der Waals surface area contributed by atoms with Gasteiger partial charge in [0.2, 0.25) is 0 Å². The number of aryl methyl sites for hydroxylation is 1. The Labute approximate surface area is 193 Å². The fourth-order valence-electron chi connectivity index (χ4n) is 3.18. The van der Waals surface area contributed by atoms with Crippen molar-refractivity contribution >= 4 is 17.6 Å². The van der Waals surface area contributed by atoms with E-state index in [1.807, 2.05) is 24.3 Å². The summed E-state index contributed by atoms with van der Waals surface area (Å²) in [5.74, 6) is 1.58. The number of carbonyl (C=O) groups excluding carboxylic acids is 1. The van der Waals surface area contributed by atoms with Crippen LogP contribution < -0.4 is 18.9 Å². The van der Waals surface area contributed by atoms with Crippen LogP contribution in [0.25, 0.3) is 11.6 Å². The number of rotatable bonds is 9. The van der Waals surface area contributed by atoms with E-state index in [0.717, 1.165) is 12.0 Å². The SMILES string of the molecule is CCc1cccc(OCC(=O)Oc2cccc(/C=C(/C#N)c3ccc(OC)c(OC)c3)c2)c1. The lowest BCUT2D eigenvalue weighted by Crippen LogP contribution is -2.17. The quantitative estimate of drug-likeness (QED) is 0.193. The second-order valence-corrected chi connectivity index (χ2v) is 7.08. The van der Waals surface area contributed by atoms with Gasteiger partial charge in [0.25, 0.3) is 0 Å². The first kappa shape index (κ1) is 23.4. The molecule has 0 aromatic heterocycles. The smallest absolute Gasteiger partial charge is 0.349 e. The lowest BCUT2D eigenvalue weighted by molar-refractivity contribution is -0.136. The molecule has 6 nitrogen and oxygen atoms in total. The highest BCUT2D eigenvalue weighted by Gasteiger charge is 2.10. The maximum atomic E-state index is 12.2. The van der Waals surface area contributed by atoms with E-state index in [1.54, 1.807) is 62.8 Å². The molecule has 3 rings (SSSR count). The molecule has 0 unspecified atom stereocenters. The first-order valence-electron chi connectivity index (χ1n) is 10.4. The molecular weight excluding hydrogens is 418 g/mol. The number of hydrogen-bond acceptors (Lipinski definition) is 6. The van der Waals surface area contributed by atoms with Crippen molar-refractivity contribution in [3.63, 3.8) is 0 Å². The van der Waals surface area contributed by atoms with E-state index in [9.17, 15) is 10.1 Å². The van der Waals surface area contributed by atoms with Gasteiger partial charge in [0, 0.05) is 0 Å². The van der Waals surface area contributed by atoms with Crippen molar-refractivity contribution in [2.45, 2.75) is 13.3 Å². The largest absolute Gasteiger partial charge is 0.493 e. The number of esters is 1. The molecule has 0 radical (unpaired) electrons. The molecule has 0 saturated heterocycles. The van der Waals surface area contributed by atoms with Crippen LogP contribution in [-0.2, 0) is 11.2 Å². The summed E-state index contributed by atoms with van der Waals surface area (Å²) in [6, 6.07) is 22.0. The molecule has 0 atom stereocenters. The van der Waals surface area contributed by atoms with E-state index in [1.165, 1.54) is 0 Å². The van der Waals surface area contributed by atoms with Crippen LogP contribution in [0.1, 0.15) is 23.6 Å². The molecule has 0 fully saturated rings. The summed E-state index contributed by atoms with van der Waals surface area (Å²) in [4.78, 5) is 12.2. The van der Waals surface area contributed by atoms with Gasteiger partial charge in [-0.2, -0.15) is 5.26 Å². The molecule has 0 heterocycles. The minimum atomic E-state index is -0.515. The molecule has 33 heavy (non-hydrogen) atoms. The molecule has 168 valence electrons. The average Bonchev–Trinajstić information content (AvgIpc) is 2.86. The predicted molar refractivity (Wildman–Crippen MR) is 126 cm³/mol. The lowest BCUT2D eigenvalue weighted by atomic mass is 10.0. The second-order valence-electron chi connectivity index (χ2n) is 7.08. The Morgan fingerprint density at radius 3 is 2.42 bits per heavy atom. The molecule has 0 aliphatic carbocycles. The minimum absolute atomic E-state index is 0.206. The lowest BCUT2D eigenvalue weighted by Gasteiger charge is -2.09. The van der Waals surface area contributed by atoms with Crippen molar-refractivity contribution < 1.29 is 23.7 Å². The molecule has 0 aliphatic heterocycles. The standard InChI is InChI=1S/C27H25NO5/c1-4-19-7-5-9-23(14-19)32-18-27(29)33-24-10-6-8-20(15-24)13-22(17-28)21-11-12-25(30-2)26(16-21)31-3/h5-16H,4,18H2,1-3H3/b22-13-. The normalized spacial score (nSPS) is 10.8. The third-order valence-electron chi connectivity index (χ3n) is 4.88. The summed E-state index contributed by atoms with van der Waals surface area (Å²) in [6.45, 7) is 1.85. The third kappa shape index (κ3) is 6.37. The maximum absolute atomic E-state index is 12.2. The highest BCUT2D eigenvalue weighted by atomic mass is 16.6. The number of carbonyl (C=O) groups is 1. The topological polar surface area (TPSA) is 77.8 Å². The summed E-state index contributed by atoms with van der Waals surface area (Å²) in [5.41, 5.74) is 2.95. The van der Waals surface area contributed by atoms with Gasteiger partial charge in [-0.25, -0.2) is 4.79 Å². The Morgan fingerprint density at radius 1 is 0.939 bits per heavy atom. The number of benzene rings is 3. The predicted octanol–water partition coefficient (Wildman–Crippen LogP) is 5.31. The number of methoxy groups -OCH3 is 2.